The highest BCUT2D eigenvalue weighted by Gasteiger charge is 2.82. The van der Waals surface area contributed by atoms with Gasteiger partial charge in [-0.1, -0.05) is 220 Å². The van der Waals surface area contributed by atoms with Crippen LogP contribution in [-0.4, -0.2) is 44.7 Å². The molecule has 0 aromatic carbocycles. The van der Waals surface area contributed by atoms with Gasteiger partial charge in [-0.3, -0.25) is 4.79 Å². The summed E-state index contributed by atoms with van der Waals surface area (Å²) in [6, 6.07) is 0. The first-order valence-electron chi connectivity index (χ1n) is 6.04. The number of alkyl halides is 19. The van der Waals surface area contributed by atoms with Crippen molar-refractivity contribution in [2.45, 2.75) is 38.5 Å². The Morgan fingerprint density at radius 2 is 0.533 bits per heavy atom. The van der Waals surface area contributed by atoms with E-state index >= 15 is 0 Å². The summed E-state index contributed by atoms with van der Waals surface area (Å²) in [5.74, 6) is 0. The molecule has 179 valence electrons. The highest BCUT2D eigenvalue weighted by Crippen LogP contribution is 2.73. The molecular weight excluding hydrogens is 810 g/mol. The van der Waals surface area contributed by atoms with Crippen molar-refractivity contribution in [2.24, 2.45) is 0 Å². The number of hydrogen-bond donors (Lipinski definition) is 0. The molecule has 0 fully saturated rings. The molecule has 0 saturated heterocycles. The summed E-state index contributed by atoms with van der Waals surface area (Å²) in [6.07, 6.45) is 1.06. The first kappa shape index (κ1) is 35.2. The second-order valence-electron chi connectivity index (χ2n) is 5.19. The molecule has 0 aliphatic heterocycles. The molecule has 0 aromatic heterocycles. The zero-order valence-corrected chi connectivity index (χ0v) is 27.0. The van der Waals surface area contributed by atoms with E-state index in [0.717, 1.165) is 6.29 Å². The van der Waals surface area contributed by atoms with Crippen molar-refractivity contribution in [3.05, 3.63) is 0 Å². The van der Waals surface area contributed by atoms with Crippen molar-refractivity contribution in [1.82, 2.24) is 0 Å². The lowest BCUT2D eigenvalue weighted by Crippen LogP contribution is -2.71. The maximum absolute atomic E-state index is 11.1. The minimum Gasteiger partial charge on any atom is -0.287 e. The molecule has 0 bridgehead atoms. The molecule has 0 N–H and O–H groups in total. The van der Waals surface area contributed by atoms with Crippen LogP contribution in [0.5, 0.6) is 0 Å². The summed E-state index contributed by atoms with van der Waals surface area (Å²) in [5, 5.41) is 0. The van der Waals surface area contributed by atoms with Gasteiger partial charge in [0.15, 0.2) is 26.0 Å². The number of rotatable bonds is 8. The number of carbonyl (C=O) groups excluding carboxylic acids is 1. The van der Waals surface area contributed by atoms with Gasteiger partial charge in [0, 0.05) is 0 Å². The van der Waals surface area contributed by atoms with Crippen LogP contribution in [0.25, 0.3) is 0 Å². The van der Waals surface area contributed by atoms with Gasteiger partial charge in [-0.25, -0.2) is 0 Å². The monoisotopic (exact) mass is 800 g/mol. The van der Waals surface area contributed by atoms with Crippen LogP contribution < -0.4 is 0 Å². The molecule has 0 saturated carbocycles. The third-order valence-electron chi connectivity index (χ3n) is 3.24. The van der Waals surface area contributed by atoms with E-state index in [1.165, 1.54) is 0 Å². The first-order valence-corrected chi connectivity index (χ1v) is 13.2. The van der Waals surface area contributed by atoms with Gasteiger partial charge in [0.25, 0.3) is 0 Å². The third-order valence-corrected chi connectivity index (χ3v) is 16.0. The van der Waals surface area contributed by atoms with Crippen molar-refractivity contribution in [2.75, 3.05) is 0 Å². The number of hydrogen-bond acceptors (Lipinski definition) is 1. The Morgan fingerprint density at radius 3 is 0.733 bits per heavy atom. The van der Waals surface area contributed by atoms with E-state index in [1.54, 1.807) is 0 Å². The van der Waals surface area contributed by atoms with Crippen LogP contribution in [0.1, 0.15) is 0 Å². The van der Waals surface area contributed by atoms with E-state index < -0.39 is 38.5 Å². The molecule has 0 heterocycles. The lowest BCUT2D eigenvalue weighted by atomic mass is 10.0. The van der Waals surface area contributed by atoms with Crippen LogP contribution >= 0.6 is 220 Å². The van der Waals surface area contributed by atoms with Gasteiger partial charge in [-0.15, -0.1) is 0 Å². The molecule has 0 aliphatic rings. The third kappa shape index (κ3) is 5.34. The van der Waals surface area contributed by atoms with Gasteiger partial charge < -0.3 is 0 Å². The molecule has 0 atom stereocenters. The zero-order valence-electron chi connectivity index (χ0n) is 12.6. The predicted molar refractivity (Wildman–Crippen MR) is 141 cm³/mol. The average Bonchev–Trinajstić information content (AvgIpc) is 2.52. The first-order chi connectivity index (χ1) is 12.6. The molecular formula is C10Cl19O. The minimum atomic E-state index is -3.17. The summed E-state index contributed by atoms with van der Waals surface area (Å²) in [7, 11) is 0. The van der Waals surface area contributed by atoms with Crippen LogP contribution in [0.15, 0.2) is 0 Å². The minimum absolute atomic E-state index is 1.06. The van der Waals surface area contributed by atoms with Crippen LogP contribution in [0.3, 0.4) is 0 Å². The molecule has 0 unspecified atom stereocenters. The largest absolute Gasteiger partial charge is 0.287 e. The van der Waals surface area contributed by atoms with E-state index in [0.29, 0.717) is 0 Å². The van der Waals surface area contributed by atoms with E-state index in [1.807, 2.05) is 0 Å². The van der Waals surface area contributed by atoms with Gasteiger partial charge in [0.2, 0.25) is 18.7 Å². The normalized spacial score (nSPS) is 16.6. The highest BCUT2D eigenvalue weighted by molar-refractivity contribution is 6.83. The molecule has 1 radical (unpaired) electrons. The topological polar surface area (TPSA) is 17.1 Å². The Morgan fingerprint density at radius 1 is 0.333 bits per heavy atom. The van der Waals surface area contributed by atoms with Gasteiger partial charge in [-0.05, 0) is 0 Å². The summed E-state index contributed by atoms with van der Waals surface area (Å²) in [5.41, 5.74) is 0. The van der Waals surface area contributed by atoms with Gasteiger partial charge in [0.1, 0.15) is 0 Å². The van der Waals surface area contributed by atoms with E-state index in [2.05, 4.69) is 0 Å². The van der Waals surface area contributed by atoms with Crippen molar-refractivity contribution in [1.29, 1.82) is 0 Å². The molecule has 0 rings (SSSR count). The molecule has 0 amide bonds. The van der Waals surface area contributed by atoms with E-state index in [-0.39, 0.29) is 0 Å². The zero-order chi connectivity index (χ0) is 25.2. The van der Waals surface area contributed by atoms with Crippen LogP contribution in [0.4, 0.5) is 0 Å². The van der Waals surface area contributed by atoms with Gasteiger partial charge in [0.05, 0.1) is 0 Å². The average molecular weight is 810 g/mol. The Hall–Kier alpha value is 5.18. The Labute approximate surface area is 266 Å². The summed E-state index contributed by atoms with van der Waals surface area (Å²) < 4.78 is -27.0. The maximum Gasteiger partial charge on any atom is 0.240 e. The summed E-state index contributed by atoms with van der Waals surface area (Å²) in [4.78, 5) is 11.1. The number of halogens is 19. The molecule has 0 spiro atoms. The smallest absolute Gasteiger partial charge is 0.240 e. The Kier molecular flexibility index (Phi) is 12.2. The predicted octanol–water partition coefficient (Wildman–Crippen LogP) is 10.9. The van der Waals surface area contributed by atoms with Crippen LogP contribution in [-0.2, 0) is 4.79 Å². The Balaban J connectivity index is 6.89. The van der Waals surface area contributed by atoms with Crippen molar-refractivity contribution in [3.63, 3.8) is 0 Å². The van der Waals surface area contributed by atoms with Crippen molar-refractivity contribution in [3.8, 4) is 0 Å². The quantitative estimate of drug-likeness (QED) is 0.223. The molecule has 20 heteroatoms. The van der Waals surface area contributed by atoms with Gasteiger partial charge >= 0.3 is 0 Å². The fourth-order valence-corrected chi connectivity index (χ4v) is 7.06. The van der Waals surface area contributed by atoms with Crippen LogP contribution in [0, 0.1) is 0 Å². The molecule has 0 aromatic rings. The standard InChI is InChI=1S/C10Cl19O/c11-2(12,1-30)3(13,14)4(15,16)5(17,18)6(19,20)7(21,22)8(23,24)9(25,26)10(27,28)29. The fraction of sp³-hybridized carbons (Fsp3) is 0.900. The van der Waals surface area contributed by atoms with E-state index in [9.17, 15) is 4.79 Å². The Bertz CT molecular complexity index is 655. The molecule has 1 nitrogen and oxygen atoms in total. The molecule has 0 aliphatic carbocycles. The second kappa shape index (κ2) is 10.4. The second-order valence-corrected chi connectivity index (χ2v) is 18.1. The van der Waals surface area contributed by atoms with Crippen molar-refractivity contribution >= 4 is 227 Å². The summed E-state index contributed by atoms with van der Waals surface area (Å²) >= 11 is 114. The fourth-order valence-electron chi connectivity index (χ4n) is 1.43. The van der Waals surface area contributed by atoms with E-state index in [4.69, 9.17) is 220 Å². The van der Waals surface area contributed by atoms with Crippen LogP contribution in [0.2, 0.25) is 0 Å². The lowest BCUT2D eigenvalue weighted by molar-refractivity contribution is 0.446. The summed E-state index contributed by atoms with van der Waals surface area (Å²) in [6.45, 7) is 0. The SMILES string of the molecule is O=[C]C(Cl)(Cl)C(Cl)(Cl)C(Cl)(Cl)C(Cl)(Cl)C(Cl)(Cl)C(Cl)(Cl)C(Cl)(Cl)C(Cl)(Cl)C(Cl)(Cl)Cl. The highest BCUT2D eigenvalue weighted by atomic mass is 35.6. The lowest BCUT2D eigenvalue weighted by Gasteiger charge is -2.54. The van der Waals surface area contributed by atoms with Crippen molar-refractivity contribution < 1.29 is 4.79 Å². The van der Waals surface area contributed by atoms with Gasteiger partial charge in [-0.2, -0.15) is 0 Å². The molecule has 30 heavy (non-hydrogen) atoms. The maximum atomic E-state index is 11.1.